The van der Waals surface area contributed by atoms with Crippen LogP contribution in [0.1, 0.15) is 32.6 Å². The standard InChI is InChI=1S/C6H11F/c1-6(7)4-2-3-5-6/h2-5H2,1H3. The van der Waals surface area contributed by atoms with E-state index < -0.39 is 5.67 Å². The van der Waals surface area contributed by atoms with Gasteiger partial charge < -0.3 is 0 Å². The molecule has 1 rings (SSSR count). The van der Waals surface area contributed by atoms with E-state index in [1.165, 1.54) is 0 Å². The summed E-state index contributed by atoms with van der Waals surface area (Å²) in [7, 11) is 0. The average Bonchev–Trinajstić information content (AvgIpc) is 1.84. The highest BCUT2D eigenvalue weighted by Crippen LogP contribution is 2.31. The quantitative estimate of drug-likeness (QED) is 0.440. The zero-order chi connectivity index (χ0) is 5.33. The molecule has 0 N–H and O–H groups in total. The van der Waals surface area contributed by atoms with Gasteiger partial charge in [0.15, 0.2) is 0 Å². The van der Waals surface area contributed by atoms with Gasteiger partial charge in [0.05, 0.1) is 0 Å². The summed E-state index contributed by atoms with van der Waals surface area (Å²) in [6.07, 6.45) is 3.75. The van der Waals surface area contributed by atoms with E-state index in [2.05, 4.69) is 0 Å². The molecule has 42 valence electrons. The second kappa shape index (κ2) is 1.46. The van der Waals surface area contributed by atoms with E-state index in [4.69, 9.17) is 0 Å². The average molecular weight is 102 g/mol. The van der Waals surface area contributed by atoms with Gasteiger partial charge in [0.2, 0.25) is 0 Å². The lowest BCUT2D eigenvalue weighted by atomic mass is 10.1. The molecule has 0 saturated heterocycles. The van der Waals surface area contributed by atoms with E-state index in [0.29, 0.717) is 0 Å². The van der Waals surface area contributed by atoms with Crippen molar-refractivity contribution in [1.29, 1.82) is 0 Å². The molecule has 0 aromatic rings. The third kappa shape index (κ3) is 1.15. The van der Waals surface area contributed by atoms with Crippen LogP contribution < -0.4 is 0 Å². The molecule has 7 heavy (non-hydrogen) atoms. The van der Waals surface area contributed by atoms with E-state index in [9.17, 15) is 4.39 Å². The zero-order valence-corrected chi connectivity index (χ0v) is 4.71. The Bertz CT molecular complexity index is 58.6. The van der Waals surface area contributed by atoms with E-state index in [-0.39, 0.29) is 0 Å². The first-order chi connectivity index (χ1) is 3.21. The van der Waals surface area contributed by atoms with Gasteiger partial charge in [-0.1, -0.05) is 12.8 Å². The third-order valence-electron chi connectivity index (χ3n) is 1.65. The largest absolute Gasteiger partial charge is 0.244 e. The Balaban J connectivity index is 2.40. The molecular weight excluding hydrogens is 91.1 g/mol. The second-order valence-corrected chi connectivity index (χ2v) is 2.62. The molecule has 0 bridgehead atoms. The Morgan fingerprint density at radius 2 is 1.71 bits per heavy atom. The first kappa shape index (κ1) is 5.07. The van der Waals surface area contributed by atoms with Crippen molar-refractivity contribution in [3.8, 4) is 0 Å². The fourth-order valence-electron chi connectivity index (χ4n) is 1.11. The Labute approximate surface area is 43.7 Å². The van der Waals surface area contributed by atoms with E-state index in [1.807, 2.05) is 0 Å². The summed E-state index contributed by atoms with van der Waals surface area (Å²) >= 11 is 0. The minimum absolute atomic E-state index is 0.785. The number of hydrogen-bond acceptors (Lipinski definition) is 0. The van der Waals surface area contributed by atoms with Crippen LogP contribution in [0.5, 0.6) is 0 Å². The summed E-state index contributed by atoms with van der Waals surface area (Å²) in [5.74, 6) is 0. The van der Waals surface area contributed by atoms with Gasteiger partial charge in [-0.15, -0.1) is 0 Å². The van der Waals surface area contributed by atoms with Crippen molar-refractivity contribution in [2.45, 2.75) is 38.3 Å². The molecule has 1 fully saturated rings. The molecule has 0 aliphatic heterocycles. The van der Waals surface area contributed by atoms with Crippen LogP contribution in [-0.2, 0) is 0 Å². The fraction of sp³-hybridized carbons (Fsp3) is 1.00. The number of alkyl halides is 1. The lowest BCUT2D eigenvalue weighted by Crippen LogP contribution is -2.09. The molecule has 0 atom stereocenters. The topological polar surface area (TPSA) is 0 Å². The molecule has 0 nitrogen and oxygen atoms in total. The maximum Gasteiger partial charge on any atom is 0.108 e. The maximum absolute atomic E-state index is 12.6. The lowest BCUT2D eigenvalue weighted by molar-refractivity contribution is 0.200. The van der Waals surface area contributed by atoms with Crippen molar-refractivity contribution in [1.82, 2.24) is 0 Å². The van der Waals surface area contributed by atoms with Crippen LogP contribution in [0, 0.1) is 0 Å². The monoisotopic (exact) mass is 102 g/mol. The van der Waals surface area contributed by atoms with Crippen molar-refractivity contribution >= 4 is 0 Å². The van der Waals surface area contributed by atoms with Crippen molar-refractivity contribution < 1.29 is 4.39 Å². The van der Waals surface area contributed by atoms with Gasteiger partial charge in [-0.25, -0.2) is 4.39 Å². The fourth-order valence-corrected chi connectivity index (χ4v) is 1.11. The van der Waals surface area contributed by atoms with Gasteiger partial charge in [-0.2, -0.15) is 0 Å². The Morgan fingerprint density at radius 3 is 1.86 bits per heavy atom. The van der Waals surface area contributed by atoms with Gasteiger partial charge in [0.25, 0.3) is 0 Å². The van der Waals surface area contributed by atoms with Crippen molar-refractivity contribution in [3.63, 3.8) is 0 Å². The molecule has 1 heteroatoms. The van der Waals surface area contributed by atoms with Crippen LogP contribution in [0.2, 0.25) is 0 Å². The Kier molecular flexibility index (Phi) is 1.06. The summed E-state index contributed by atoms with van der Waals surface area (Å²) in [6.45, 7) is 1.69. The van der Waals surface area contributed by atoms with Crippen LogP contribution in [0.15, 0.2) is 0 Å². The second-order valence-electron chi connectivity index (χ2n) is 2.62. The molecule has 0 aromatic carbocycles. The van der Waals surface area contributed by atoms with Gasteiger partial charge in [-0.3, -0.25) is 0 Å². The highest BCUT2D eigenvalue weighted by atomic mass is 19.1. The summed E-state index contributed by atoms with van der Waals surface area (Å²) in [6, 6.07) is 0. The third-order valence-corrected chi connectivity index (χ3v) is 1.65. The van der Waals surface area contributed by atoms with E-state index in [0.717, 1.165) is 25.7 Å². The van der Waals surface area contributed by atoms with Crippen molar-refractivity contribution in [2.24, 2.45) is 0 Å². The number of hydrogen-bond donors (Lipinski definition) is 0. The highest BCUT2D eigenvalue weighted by molar-refractivity contribution is 4.78. The van der Waals surface area contributed by atoms with Crippen LogP contribution in [0.4, 0.5) is 4.39 Å². The number of rotatable bonds is 0. The van der Waals surface area contributed by atoms with Gasteiger partial charge in [-0.05, 0) is 19.8 Å². The lowest BCUT2D eigenvalue weighted by Gasteiger charge is -2.08. The van der Waals surface area contributed by atoms with Crippen LogP contribution in [-0.4, -0.2) is 5.67 Å². The molecule has 0 spiro atoms. The summed E-state index contributed by atoms with van der Waals surface area (Å²) in [5.41, 5.74) is -0.806. The van der Waals surface area contributed by atoms with Crippen LogP contribution in [0.3, 0.4) is 0 Å². The normalized spacial score (nSPS) is 28.3. The molecule has 0 amide bonds. The number of halogens is 1. The first-order valence-corrected chi connectivity index (χ1v) is 2.90. The van der Waals surface area contributed by atoms with Crippen molar-refractivity contribution in [3.05, 3.63) is 0 Å². The van der Waals surface area contributed by atoms with Gasteiger partial charge in [0, 0.05) is 0 Å². The Morgan fingerprint density at radius 1 is 1.29 bits per heavy atom. The molecule has 0 radical (unpaired) electrons. The molecule has 0 heterocycles. The minimum atomic E-state index is -0.806. The molecular formula is C6H11F. The summed E-state index contributed by atoms with van der Waals surface area (Å²) < 4.78 is 12.6. The molecule has 0 unspecified atom stereocenters. The molecule has 0 aromatic heterocycles. The maximum atomic E-state index is 12.6. The van der Waals surface area contributed by atoms with Gasteiger partial charge in [0.1, 0.15) is 5.67 Å². The van der Waals surface area contributed by atoms with Crippen molar-refractivity contribution in [2.75, 3.05) is 0 Å². The minimum Gasteiger partial charge on any atom is -0.244 e. The molecule has 1 aliphatic carbocycles. The predicted molar refractivity (Wildman–Crippen MR) is 28.0 cm³/mol. The molecule has 1 saturated carbocycles. The van der Waals surface area contributed by atoms with Crippen LogP contribution in [0.25, 0.3) is 0 Å². The first-order valence-electron chi connectivity index (χ1n) is 2.90. The highest BCUT2D eigenvalue weighted by Gasteiger charge is 2.26. The summed E-state index contributed by atoms with van der Waals surface area (Å²) in [5, 5.41) is 0. The SMILES string of the molecule is CC1(F)CCCC1. The summed E-state index contributed by atoms with van der Waals surface area (Å²) in [4.78, 5) is 0. The van der Waals surface area contributed by atoms with E-state index >= 15 is 0 Å². The zero-order valence-electron chi connectivity index (χ0n) is 4.71. The van der Waals surface area contributed by atoms with Crippen LogP contribution >= 0.6 is 0 Å². The smallest absolute Gasteiger partial charge is 0.108 e. The van der Waals surface area contributed by atoms with Gasteiger partial charge >= 0.3 is 0 Å². The predicted octanol–water partition coefficient (Wildman–Crippen LogP) is 2.29. The molecule has 1 aliphatic rings. The Hall–Kier alpha value is -0.0700. The van der Waals surface area contributed by atoms with E-state index in [1.54, 1.807) is 6.92 Å².